The highest BCUT2D eigenvalue weighted by molar-refractivity contribution is 7.15. The summed E-state index contributed by atoms with van der Waals surface area (Å²) >= 11 is 2.68. The molecule has 0 aliphatic heterocycles. The average Bonchev–Trinajstić information content (AvgIpc) is 3.40. The summed E-state index contributed by atoms with van der Waals surface area (Å²) in [5.41, 5.74) is 6.30. The first-order valence-corrected chi connectivity index (χ1v) is 10.3. The minimum atomic E-state index is -0.0919. The summed E-state index contributed by atoms with van der Waals surface area (Å²) in [5, 5.41) is 4.93. The minimum Gasteiger partial charge on any atom is -0.324 e. The first kappa shape index (κ1) is 17.0. The number of imidazole rings is 1. The van der Waals surface area contributed by atoms with Crippen molar-refractivity contribution >= 4 is 50.7 Å². The van der Waals surface area contributed by atoms with Crippen LogP contribution in [-0.4, -0.2) is 24.0 Å². The second-order valence-corrected chi connectivity index (χ2v) is 7.90. The molecule has 0 fully saturated rings. The van der Waals surface area contributed by atoms with Crippen LogP contribution < -0.4 is 5.32 Å². The van der Waals surface area contributed by atoms with Crippen LogP contribution in [-0.2, 0) is 11.2 Å². The molecular formula is C20H15N5OS2. The number of hydrogen-bond donors (Lipinski definition) is 1. The number of thiazole rings is 1. The van der Waals surface area contributed by atoms with Crippen LogP contribution >= 0.6 is 23.1 Å². The number of anilines is 1. The van der Waals surface area contributed by atoms with Gasteiger partial charge in [0.05, 0.1) is 29.5 Å². The molecular weight excluding hydrogens is 390 g/mol. The molecule has 0 unspecified atom stereocenters. The van der Waals surface area contributed by atoms with Crippen LogP contribution in [0.3, 0.4) is 0 Å². The van der Waals surface area contributed by atoms with Crippen molar-refractivity contribution in [3.05, 3.63) is 65.3 Å². The van der Waals surface area contributed by atoms with E-state index in [2.05, 4.69) is 45.3 Å². The molecule has 6 nitrogen and oxygen atoms in total. The summed E-state index contributed by atoms with van der Waals surface area (Å²) in [6.45, 7) is 2.06. The van der Waals surface area contributed by atoms with Crippen LogP contribution in [0.2, 0.25) is 0 Å². The molecule has 1 N–H and O–H groups in total. The highest BCUT2D eigenvalue weighted by Crippen LogP contribution is 2.25. The Kier molecular flexibility index (Phi) is 4.14. The van der Waals surface area contributed by atoms with Crippen LogP contribution in [0.25, 0.3) is 27.3 Å². The molecule has 0 atom stereocenters. The molecule has 5 rings (SSSR count). The van der Waals surface area contributed by atoms with Gasteiger partial charge in [-0.3, -0.25) is 9.20 Å². The minimum absolute atomic E-state index is 0.0919. The van der Waals surface area contributed by atoms with Crippen LogP contribution in [0.5, 0.6) is 0 Å². The van der Waals surface area contributed by atoms with Gasteiger partial charge >= 0.3 is 0 Å². The van der Waals surface area contributed by atoms with Gasteiger partial charge in [-0.25, -0.2) is 4.98 Å². The maximum Gasteiger partial charge on any atom is 0.230 e. The maximum absolute atomic E-state index is 12.6. The van der Waals surface area contributed by atoms with Crippen molar-refractivity contribution in [1.29, 1.82) is 0 Å². The Labute approximate surface area is 168 Å². The topological polar surface area (TPSA) is 72.2 Å². The molecule has 2 aromatic carbocycles. The summed E-state index contributed by atoms with van der Waals surface area (Å²) in [6, 6.07) is 13.9. The van der Waals surface area contributed by atoms with Crippen LogP contribution in [0.15, 0.2) is 54.0 Å². The zero-order valence-electron chi connectivity index (χ0n) is 14.9. The molecule has 0 saturated heterocycles. The van der Waals surface area contributed by atoms with E-state index in [4.69, 9.17) is 4.98 Å². The van der Waals surface area contributed by atoms with Crippen molar-refractivity contribution in [2.45, 2.75) is 13.3 Å². The van der Waals surface area contributed by atoms with E-state index in [1.54, 1.807) is 0 Å². The summed E-state index contributed by atoms with van der Waals surface area (Å²) in [4.78, 5) is 18.2. The Hall–Kier alpha value is -3.10. The predicted molar refractivity (Wildman–Crippen MR) is 113 cm³/mol. The van der Waals surface area contributed by atoms with Crippen molar-refractivity contribution in [2.24, 2.45) is 0 Å². The van der Waals surface area contributed by atoms with Crippen molar-refractivity contribution in [2.75, 3.05) is 5.32 Å². The molecule has 8 heteroatoms. The Bertz CT molecular complexity index is 1300. The van der Waals surface area contributed by atoms with Crippen LogP contribution in [0, 0.1) is 6.92 Å². The number of carbonyl (C=O) groups is 1. The highest BCUT2D eigenvalue weighted by atomic mass is 32.1. The normalized spacial score (nSPS) is 11.3. The van der Waals surface area contributed by atoms with Gasteiger partial charge in [0, 0.05) is 22.8 Å². The number of carbonyl (C=O) groups excluding carboxylic acids is 1. The first-order valence-electron chi connectivity index (χ1n) is 8.71. The molecule has 3 heterocycles. The van der Waals surface area contributed by atoms with E-state index in [0.29, 0.717) is 5.69 Å². The molecule has 5 aromatic rings. The standard InChI is InChI=1S/C20H15N5OS2/c1-12-5-7-13(8-6-12)17-10-25-14(11-27-20(25)22-17)9-18(26)21-15-3-2-4-16-19(15)24-28-23-16/h2-8,10-11H,9H2,1H3,(H,21,26). The Morgan fingerprint density at radius 2 is 2.00 bits per heavy atom. The third-order valence-electron chi connectivity index (χ3n) is 4.53. The second-order valence-electron chi connectivity index (χ2n) is 6.53. The van der Waals surface area contributed by atoms with E-state index in [1.807, 2.05) is 34.2 Å². The zero-order chi connectivity index (χ0) is 19.1. The fourth-order valence-electron chi connectivity index (χ4n) is 3.09. The number of nitrogens with one attached hydrogen (secondary N) is 1. The predicted octanol–water partition coefficient (Wildman–Crippen LogP) is 4.56. The van der Waals surface area contributed by atoms with Crippen LogP contribution in [0.1, 0.15) is 11.3 Å². The van der Waals surface area contributed by atoms with Gasteiger partial charge in [0.15, 0.2) is 4.96 Å². The number of rotatable bonds is 4. The Morgan fingerprint density at radius 1 is 1.14 bits per heavy atom. The van der Waals surface area contributed by atoms with Gasteiger partial charge in [0.1, 0.15) is 11.0 Å². The van der Waals surface area contributed by atoms with E-state index in [1.165, 1.54) is 16.9 Å². The van der Waals surface area contributed by atoms with E-state index in [0.717, 1.165) is 44.7 Å². The number of nitrogens with zero attached hydrogens (tertiary/aromatic N) is 4. The molecule has 28 heavy (non-hydrogen) atoms. The third kappa shape index (κ3) is 3.06. The van der Waals surface area contributed by atoms with Gasteiger partial charge in [-0.15, -0.1) is 11.3 Å². The Balaban J connectivity index is 1.39. The highest BCUT2D eigenvalue weighted by Gasteiger charge is 2.14. The average molecular weight is 406 g/mol. The van der Waals surface area contributed by atoms with Gasteiger partial charge < -0.3 is 5.32 Å². The van der Waals surface area contributed by atoms with Gasteiger partial charge in [0.2, 0.25) is 5.91 Å². The smallest absolute Gasteiger partial charge is 0.230 e. The summed E-state index contributed by atoms with van der Waals surface area (Å²) < 4.78 is 10.5. The molecule has 0 saturated carbocycles. The van der Waals surface area contributed by atoms with E-state index in [9.17, 15) is 4.79 Å². The number of aromatic nitrogens is 4. The molecule has 138 valence electrons. The second kappa shape index (κ2) is 6.81. The number of aryl methyl sites for hydroxylation is 1. The van der Waals surface area contributed by atoms with Gasteiger partial charge in [-0.05, 0) is 19.1 Å². The molecule has 1 amide bonds. The van der Waals surface area contributed by atoms with Crippen molar-refractivity contribution < 1.29 is 4.79 Å². The SMILES string of the molecule is Cc1ccc(-c2cn3c(CC(=O)Nc4cccc5nsnc45)csc3n2)cc1. The van der Waals surface area contributed by atoms with Gasteiger partial charge in [-0.1, -0.05) is 35.9 Å². The molecule has 0 bridgehead atoms. The summed E-state index contributed by atoms with van der Waals surface area (Å²) in [6.07, 6.45) is 2.25. The maximum atomic E-state index is 12.6. The largest absolute Gasteiger partial charge is 0.324 e. The monoisotopic (exact) mass is 405 g/mol. The Morgan fingerprint density at radius 3 is 2.86 bits per heavy atom. The molecule has 0 aliphatic carbocycles. The lowest BCUT2D eigenvalue weighted by Gasteiger charge is -2.05. The lowest BCUT2D eigenvalue weighted by molar-refractivity contribution is -0.115. The zero-order valence-corrected chi connectivity index (χ0v) is 16.5. The third-order valence-corrected chi connectivity index (χ3v) is 5.96. The molecule has 0 spiro atoms. The van der Waals surface area contributed by atoms with E-state index >= 15 is 0 Å². The summed E-state index contributed by atoms with van der Waals surface area (Å²) in [7, 11) is 0. The number of hydrogen-bond acceptors (Lipinski definition) is 6. The fourth-order valence-corrected chi connectivity index (χ4v) is 4.51. The first-order chi connectivity index (χ1) is 13.7. The number of amides is 1. The molecule has 0 radical (unpaired) electrons. The lowest BCUT2D eigenvalue weighted by atomic mass is 10.1. The molecule has 3 aromatic heterocycles. The van der Waals surface area contributed by atoms with Crippen molar-refractivity contribution in [1.82, 2.24) is 18.1 Å². The van der Waals surface area contributed by atoms with Gasteiger partial charge in [0.25, 0.3) is 0 Å². The number of benzene rings is 2. The summed E-state index contributed by atoms with van der Waals surface area (Å²) in [5.74, 6) is -0.0919. The van der Waals surface area contributed by atoms with Gasteiger partial charge in [-0.2, -0.15) is 8.75 Å². The fraction of sp³-hybridized carbons (Fsp3) is 0.100. The molecule has 0 aliphatic rings. The van der Waals surface area contributed by atoms with E-state index < -0.39 is 0 Å². The van der Waals surface area contributed by atoms with Crippen molar-refractivity contribution in [3.63, 3.8) is 0 Å². The van der Waals surface area contributed by atoms with Crippen LogP contribution in [0.4, 0.5) is 5.69 Å². The van der Waals surface area contributed by atoms with E-state index in [-0.39, 0.29) is 12.3 Å². The number of fused-ring (bicyclic) bond motifs is 2. The lowest BCUT2D eigenvalue weighted by Crippen LogP contribution is -2.15. The quantitative estimate of drug-likeness (QED) is 0.476. The van der Waals surface area contributed by atoms with Crippen molar-refractivity contribution in [3.8, 4) is 11.3 Å².